The Morgan fingerprint density at radius 2 is 0.792 bits per heavy atom. The van der Waals surface area contributed by atoms with Crippen LogP contribution in [0.5, 0.6) is 0 Å². The molecular formula is C8H8F12O3Ti. The Morgan fingerprint density at radius 1 is 0.542 bits per heavy atom. The van der Waals surface area contributed by atoms with Crippen LogP contribution in [0.3, 0.4) is 0 Å². The van der Waals surface area contributed by atoms with Gasteiger partial charge in [0.05, 0.1) is 0 Å². The predicted molar refractivity (Wildman–Crippen MR) is 46.4 cm³/mol. The van der Waals surface area contributed by atoms with Crippen molar-refractivity contribution in [2.24, 2.45) is 0 Å². The number of rotatable bonds is 6. The van der Waals surface area contributed by atoms with Crippen molar-refractivity contribution >= 4 is 0 Å². The molecule has 0 aromatic rings. The Bertz CT molecular complexity index is 440. The van der Waals surface area contributed by atoms with Crippen molar-refractivity contribution in [1.82, 2.24) is 0 Å². The van der Waals surface area contributed by atoms with E-state index in [-0.39, 0.29) is 0 Å². The molecule has 0 aromatic heterocycles. The van der Waals surface area contributed by atoms with E-state index < -0.39 is 63.4 Å². The molecule has 0 amide bonds. The summed E-state index contributed by atoms with van der Waals surface area (Å²) in [6.07, 6.45) is -22.8. The van der Waals surface area contributed by atoms with Crippen molar-refractivity contribution in [2.45, 2.75) is 34.2 Å². The van der Waals surface area contributed by atoms with Crippen molar-refractivity contribution in [3.63, 3.8) is 0 Å². The van der Waals surface area contributed by atoms with Gasteiger partial charge in [-0.15, -0.1) is 0 Å². The first kappa shape index (κ1) is 23.6. The third kappa shape index (κ3) is 10.5. The van der Waals surface area contributed by atoms with Gasteiger partial charge < -0.3 is 0 Å². The fourth-order valence-electron chi connectivity index (χ4n) is 1.57. The Balaban J connectivity index is 5.95. The molecule has 0 aromatic carbocycles. The number of hydrogen-bond donors (Lipinski definition) is 0. The number of alkyl halides is 12. The minimum atomic E-state index is -8.56. The fraction of sp³-hybridized carbons (Fsp3) is 1.00. The van der Waals surface area contributed by atoms with E-state index in [2.05, 4.69) is 6.64 Å². The van der Waals surface area contributed by atoms with Crippen LogP contribution in [0, 0.1) is 0 Å². The molecular weight excluding hydrogens is 420 g/mol. The SMILES string of the molecule is [O]=[Ti]([CH2]C(F)(F)F)([CH2]C(F)(F)F)([O]CC(F)(F)F)[O]CC(F)(F)F. The van der Waals surface area contributed by atoms with E-state index >= 15 is 0 Å². The average Bonchev–Trinajstić information content (AvgIpc) is 2.17. The monoisotopic (exact) mass is 428 g/mol. The maximum atomic E-state index is 12.4. The molecule has 0 rings (SSSR count). The Labute approximate surface area is 127 Å². The summed E-state index contributed by atoms with van der Waals surface area (Å²) in [5, 5.41) is 0. The summed E-state index contributed by atoms with van der Waals surface area (Å²) >= 11 is -8.56. The van der Waals surface area contributed by atoms with Crippen molar-refractivity contribution in [1.29, 1.82) is 0 Å². The van der Waals surface area contributed by atoms with Gasteiger partial charge in [0.1, 0.15) is 0 Å². The van der Waals surface area contributed by atoms with Gasteiger partial charge in [-0.2, -0.15) is 0 Å². The van der Waals surface area contributed by atoms with E-state index in [1.807, 2.05) is 0 Å². The van der Waals surface area contributed by atoms with Crippen molar-refractivity contribution in [3.05, 3.63) is 0 Å². The molecule has 0 unspecified atom stereocenters. The van der Waals surface area contributed by atoms with Gasteiger partial charge in [0.2, 0.25) is 0 Å². The minimum absolute atomic E-state index is 2.91. The summed E-state index contributed by atoms with van der Waals surface area (Å²) in [6, 6.07) is 0. The normalized spacial score (nSPS) is 15.7. The summed E-state index contributed by atoms with van der Waals surface area (Å²) in [4.78, 5) is 0. The maximum absolute atomic E-state index is 12.4. The van der Waals surface area contributed by atoms with E-state index in [9.17, 15) is 56.0 Å². The molecule has 16 heteroatoms. The van der Waals surface area contributed by atoms with Crippen LogP contribution < -0.4 is 0 Å². The van der Waals surface area contributed by atoms with Gasteiger partial charge in [0, 0.05) is 0 Å². The molecule has 0 bridgehead atoms. The van der Waals surface area contributed by atoms with Gasteiger partial charge in [0.25, 0.3) is 0 Å². The first-order valence-corrected chi connectivity index (χ1v) is 9.70. The Morgan fingerprint density at radius 3 is 0.958 bits per heavy atom. The molecule has 146 valence electrons. The van der Waals surface area contributed by atoms with Crippen LogP contribution in [-0.2, 0) is 26.0 Å². The van der Waals surface area contributed by atoms with E-state index in [1.165, 1.54) is 0 Å². The van der Waals surface area contributed by atoms with Crippen molar-refractivity contribution in [3.8, 4) is 0 Å². The van der Waals surface area contributed by atoms with E-state index in [0.29, 0.717) is 0 Å². The molecule has 0 saturated carbocycles. The molecule has 0 fully saturated rings. The van der Waals surface area contributed by atoms with Crippen LogP contribution in [0.2, 0.25) is 9.45 Å². The molecule has 3 nitrogen and oxygen atoms in total. The number of halogens is 12. The summed E-state index contributed by atoms with van der Waals surface area (Å²) in [5.74, 6) is 0. The second-order valence-corrected chi connectivity index (χ2v) is 11.0. The van der Waals surface area contributed by atoms with Crippen LogP contribution in [0.25, 0.3) is 0 Å². The fourth-order valence-corrected chi connectivity index (χ4v) is 6.47. The predicted octanol–water partition coefficient (Wildman–Crippen LogP) is 4.97. The van der Waals surface area contributed by atoms with Gasteiger partial charge in [-0.05, 0) is 0 Å². The van der Waals surface area contributed by atoms with E-state index in [0.717, 1.165) is 0 Å². The van der Waals surface area contributed by atoms with E-state index in [4.69, 9.17) is 0 Å². The third-order valence-corrected chi connectivity index (χ3v) is 8.05. The van der Waals surface area contributed by atoms with Crippen LogP contribution in [0.4, 0.5) is 52.7 Å². The molecule has 0 heterocycles. The molecule has 0 aliphatic heterocycles. The van der Waals surface area contributed by atoms with Crippen LogP contribution in [0.15, 0.2) is 0 Å². The van der Waals surface area contributed by atoms with Gasteiger partial charge in [-0.3, -0.25) is 0 Å². The average molecular weight is 428 g/mol. The first-order valence-electron chi connectivity index (χ1n) is 5.58. The van der Waals surface area contributed by atoms with Gasteiger partial charge in [0.15, 0.2) is 0 Å². The summed E-state index contributed by atoms with van der Waals surface area (Å²) in [7, 11) is 0. The zero-order valence-electron chi connectivity index (χ0n) is 11.1. The Hall–Kier alpha value is -0.406. The standard InChI is InChI=1S/2C2H2F3O.2C2H2F3.O.Ti/c2*3-2(4,5)1-6;2*1-2(3,4)5;;/h2*1H2;2*1H2;;/q2*-1;;;;+2. The topological polar surface area (TPSA) is 35.5 Å². The van der Waals surface area contributed by atoms with Gasteiger partial charge >= 0.3 is 126 Å². The molecule has 0 spiro atoms. The third-order valence-electron chi connectivity index (χ3n) is 2.20. The van der Waals surface area contributed by atoms with Crippen molar-refractivity contribution < 1.29 is 78.7 Å². The molecule has 0 radical (unpaired) electrons. The van der Waals surface area contributed by atoms with Crippen molar-refractivity contribution in [2.75, 3.05) is 13.2 Å². The number of hydrogen-bond acceptors (Lipinski definition) is 3. The van der Waals surface area contributed by atoms with Gasteiger partial charge in [-0.1, -0.05) is 0 Å². The molecule has 0 aliphatic rings. The molecule has 0 saturated heterocycles. The summed E-state index contributed by atoms with van der Waals surface area (Å²) in [6.45, 7) is -5.81. The molecule has 0 N–H and O–H groups in total. The Kier molecular flexibility index (Phi) is 6.61. The van der Waals surface area contributed by atoms with E-state index in [1.54, 1.807) is 0 Å². The molecule has 0 atom stereocenters. The molecule has 0 aliphatic carbocycles. The van der Waals surface area contributed by atoms with Crippen LogP contribution in [0.1, 0.15) is 0 Å². The van der Waals surface area contributed by atoms with Gasteiger partial charge in [-0.25, -0.2) is 0 Å². The quantitative estimate of drug-likeness (QED) is 0.443. The summed E-state index contributed by atoms with van der Waals surface area (Å²) in [5.41, 5.74) is 0. The summed E-state index contributed by atoms with van der Waals surface area (Å²) < 4.78 is 159. The zero-order valence-corrected chi connectivity index (χ0v) is 12.7. The second-order valence-electron chi connectivity index (χ2n) is 4.76. The van der Waals surface area contributed by atoms with Crippen LogP contribution >= 0.6 is 0 Å². The first-order chi connectivity index (χ1) is 10.1. The molecule has 24 heavy (non-hydrogen) atoms. The second kappa shape index (κ2) is 6.72. The van der Waals surface area contributed by atoms with Crippen LogP contribution in [-0.4, -0.2) is 37.9 Å². The zero-order chi connectivity index (χ0) is 19.7.